The highest BCUT2D eigenvalue weighted by molar-refractivity contribution is 7.92. The number of hydrogen-bond acceptors (Lipinski definition) is 8. The number of nitro benzene ring substituents is 1. The van der Waals surface area contributed by atoms with E-state index in [1.54, 1.807) is 0 Å². The summed E-state index contributed by atoms with van der Waals surface area (Å²) in [6, 6.07) is 4.80. The lowest BCUT2D eigenvalue weighted by atomic mass is 10.3. The molecule has 1 aromatic carbocycles. The highest BCUT2D eigenvalue weighted by Crippen LogP contribution is 2.20. The van der Waals surface area contributed by atoms with Crippen molar-refractivity contribution in [2.24, 2.45) is 0 Å². The molecule has 1 aromatic heterocycles. The Kier molecular flexibility index (Phi) is 4.76. The van der Waals surface area contributed by atoms with E-state index in [-0.39, 0.29) is 16.3 Å². The van der Waals surface area contributed by atoms with Crippen molar-refractivity contribution in [1.82, 2.24) is 9.97 Å². The molecule has 1 saturated heterocycles. The predicted molar refractivity (Wildman–Crippen MR) is 89.0 cm³/mol. The molecule has 0 saturated carbocycles. The third kappa shape index (κ3) is 4.00. The van der Waals surface area contributed by atoms with Crippen LogP contribution < -0.4 is 9.62 Å². The average Bonchev–Trinajstić information content (AvgIpc) is 2.63. The van der Waals surface area contributed by atoms with Gasteiger partial charge >= 0.3 is 0 Å². The number of sulfonamides is 1. The van der Waals surface area contributed by atoms with Crippen LogP contribution in [0.15, 0.2) is 41.6 Å². The highest BCUT2D eigenvalue weighted by Gasteiger charge is 2.19. The zero-order valence-corrected chi connectivity index (χ0v) is 13.8. The molecule has 1 aliphatic heterocycles. The van der Waals surface area contributed by atoms with Crippen LogP contribution in [0, 0.1) is 10.1 Å². The number of nitrogens with one attached hydrogen (secondary N) is 1. The van der Waals surface area contributed by atoms with E-state index in [9.17, 15) is 18.5 Å². The Morgan fingerprint density at radius 3 is 2.52 bits per heavy atom. The van der Waals surface area contributed by atoms with Crippen LogP contribution in [0.2, 0.25) is 0 Å². The minimum absolute atomic E-state index is 0.170. The first kappa shape index (κ1) is 17.0. The molecule has 132 valence electrons. The number of benzene rings is 1. The van der Waals surface area contributed by atoms with Gasteiger partial charge in [-0.15, -0.1) is 0 Å². The number of non-ortho nitro benzene ring substituents is 1. The van der Waals surface area contributed by atoms with Gasteiger partial charge in [0, 0.05) is 25.2 Å². The second kappa shape index (κ2) is 6.99. The van der Waals surface area contributed by atoms with Gasteiger partial charge in [0.1, 0.15) is 0 Å². The van der Waals surface area contributed by atoms with Crippen molar-refractivity contribution in [2.45, 2.75) is 4.90 Å². The molecule has 1 N–H and O–H groups in total. The Hall–Kier alpha value is -2.79. The second-order valence-corrected chi connectivity index (χ2v) is 6.91. The summed E-state index contributed by atoms with van der Waals surface area (Å²) in [7, 11) is -3.98. The molecular formula is C14H15N5O5S. The predicted octanol–water partition coefficient (Wildman–Crippen LogP) is 1.02. The number of morpholine rings is 1. The third-order valence-corrected chi connectivity index (χ3v) is 4.90. The quantitative estimate of drug-likeness (QED) is 0.614. The van der Waals surface area contributed by atoms with Crippen LogP contribution in [0.1, 0.15) is 0 Å². The van der Waals surface area contributed by atoms with Crippen LogP contribution in [0.5, 0.6) is 0 Å². The molecule has 2 aromatic rings. The van der Waals surface area contributed by atoms with Gasteiger partial charge in [-0.05, 0) is 6.07 Å². The summed E-state index contributed by atoms with van der Waals surface area (Å²) in [6.07, 6.45) is 2.71. The van der Waals surface area contributed by atoms with Gasteiger partial charge < -0.3 is 9.64 Å². The minimum Gasteiger partial charge on any atom is -0.378 e. The van der Waals surface area contributed by atoms with Gasteiger partial charge in [-0.1, -0.05) is 6.07 Å². The van der Waals surface area contributed by atoms with Crippen molar-refractivity contribution in [3.8, 4) is 0 Å². The van der Waals surface area contributed by atoms with Gasteiger partial charge in [0.2, 0.25) is 5.95 Å². The van der Waals surface area contributed by atoms with Crippen molar-refractivity contribution in [2.75, 3.05) is 35.9 Å². The molecule has 3 rings (SSSR count). The fraction of sp³-hybridized carbons (Fsp3) is 0.286. The van der Waals surface area contributed by atoms with Crippen LogP contribution in [0.4, 0.5) is 17.3 Å². The normalized spacial score (nSPS) is 15.0. The topological polar surface area (TPSA) is 128 Å². The van der Waals surface area contributed by atoms with Crippen LogP contribution >= 0.6 is 0 Å². The van der Waals surface area contributed by atoms with Crippen molar-refractivity contribution in [1.29, 1.82) is 0 Å². The van der Waals surface area contributed by atoms with Gasteiger partial charge in [0.15, 0.2) is 0 Å². The lowest BCUT2D eigenvalue weighted by Crippen LogP contribution is -2.37. The summed E-state index contributed by atoms with van der Waals surface area (Å²) in [6.45, 7) is 2.51. The molecule has 0 atom stereocenters. The van der Waals surface area contributed by atoms with E-state index in [0.29, 0.717) is 32.3 Å². The molecule has 0 aliphatic carbocycles. The van der Waals surface area contributed by atoms with Crippen LogP contribution in [-0.2, 0) is 14.8 Å². The molecule has 0 spiro atoms. The molecular weight excluding hydrogens is 350 g/mol. The Balaban J connectivity index is 1.76. The molecule has 1 aliphatic rings. The highest BCUT2D eigenvalue weighted by atomic mass is 32.2. The van der Waals surface area contributed by atoms with E-state index in [1.165, 1.54) is 30.6 Å². The van der Waals surface area contributed by atoms with Crippen LogP contribution in [0.25, 0.3) is 0 Å². The summed E-state index contributed by atoms with van der Waals surface area (Å²) < 4.78 is 32.3. The maximum absolute atomic E-state index is 12.3. The SMILES string of the molecule is O=[N+]([O-])c1cccc(S(=O)(=O)Nc2cnc(N3CCOCC3)nc2)c1. The molecule has 1 fully saturated rings. The first-order valence-electron chi connectivity index (χ1n) is 7.38. The van der Waals surface area contributed by atoms with Crippen LogP contribution in [-0.4, -0.2) is 49.6 Å². The summed E-state index contributed by atoms with van der Waals surface area (Å²) in [4.78, 5) is 20.2. The first-order chi connectivity index (χ1) is 12.0. The van der Waals surface area contributed by atoms with E-state index in [2.05, 4.69) is 14.7 Å². The third-order valence-electron chi connectivity index (χ3n) is 3.52. The van der Waals surface area contributed by atoms with Crippen molar-refractivity contribution >= 4 is 27.3 Å². The smallest absolute Gasteiger partial charge is 0.270 e. The molecule has 25 heavy (non-hydrogen) atoms. The number of aromatic nitrogens is 2. The van der Waals surface area contributed by atoms with E-state index in [0.717, 1.165) is 6.07 Å². The maximum atomic E-state index is 12.3. The standard InChI is InChI=1S/C14H15N5O5S/c20-19(21)12-2-1-3-13(8-12)25(22,23)17-11-9-15-14(16-10-11)18-4-6-24-7-5-18/h1-3,8-10,17H,4-7H2. The first-order valence-corrected chi connectivity index (χ1v) is 8.86. The summed E-state index contributed by atoms with van der Waals surface area (Å²) in [5.74, 6) is 0.488. The molecule has 0 amide bonds. The molecule has 11 heteroatoms. The Bertz CT molecular complexity index is 865. The zero-order chi connectivity index (χ0) is 17.9. The number of hydrogen-bond donors (Lipinski definition) is 1. The minimum atomic E-state index is -3.98. The van der Waals surface area contributed by atoms with Gasteiger partial charge in [0.05, 0.1) is 41.1 Å². The van der Waals surface area contributed by atoms with E-state index in [1.807, 2.05) is 4.90 Å². The van der Waals surface area contributed by atoms with Gasteiger partial charge in [0.25, 0.3) is 15.7 Å². The number of rotatable bonds is 5. The zero-order valence-electron chi connectivity index (χ0n) is 13.0. The lowest BCUT2D eigenvalue weighted by Gasteiger charge is -2.26. The van der Waals surface area contributed by atoms with Crippen molar-refractivity contribution < 1.29 is 18.1 Å². The van der Waals surface area contributed by atoms with E-state index >= 15 is 0 Å². The average molecular weight is 365 g/mol. The van der Waals surface area contributed by atoms with Gasteiger partial charge in [-0.2, -0.15) is 0 Å². The number of ether oxygens (including phenoxy) is 1. The second-order valence-electron chi connectivity index (χ2n) is 5.23. The Morgan fingerprint density at radius 1 is 1.20 bits per heavy atom. The monoisotopic (exact) mass is 365 g/mol. The van der Waals surface area contributed by atoms with E-state index < -0.39 is 14.9 Å². The fourth-order valence-corrected chi connectivity index (χ4v) is 3.35. The summed E-state index contributed by atoms with van der Waals surface area (Å²) >= 11 is 0. The molecule has 0 bridgehead atoms. The Morgan fingerprint density at radius 2 is 1.88 bits per heavy atom. The van der Waals surface area contributed by atoms with E-state index in [4.69, 9.17) is 4.74 Å². The summed E-state index contributed by atoms with van der Waals surface area (Å²) in [5.41, 5.74) is -0.134. The number of anilines is 2. The van der Waals surface area contributed by atoms with Gasteiger partial charge in [-0.25, -0.2) is 18.4 Å². The largest absolute Gasteiger partial charge is 0.378 e. The van der Waals surface area contributed by atoms with Crippen molar-refractivity contribution in [3.05, 3.63) is 46.8 Å². The molecule has 0 unspecified atom stereocenters. The maximum Gasteiger partial charge on any atom is 0.270 e. The lowest BCUT2D eigenvalue weighted by molar-refractivity contribution is -0.385. The number of nitrogens with zero attached hydrogens (tertiary/aromatic N) is 4. The molecule has 10 nitrogen and oxygen atoms in total. The molecule has 0 radical (unpaired) electrons. The van der Waals surface area contributed by atoms with Gasteiger partial charge in [-0.3, -0.25) is 14.8 Å². The Labute approximate surface area is 143 Å². The number of nitro groups is 1. The van der Waals surface area contributed by atoms with Crippen molar-refractivity contribution in [3.63, 3.8) is 0 Å². The molecule has 2 heterocycles. The van der Waals surface area contributed by atoms with Crippen LogP contribution in [0.3, 0.4) is 0 Å². The summed E-state index contributed by atoms with van der Waals surface area (Å²) in [5, 5.41) is 10.8. The fourth-order valence-electron chi connectivity index (χ4n) is 2.28.